The molecular formula is C46H87N3O11. The van der Waals surface area contributed by atoms with E-state index in [-0.39, 0.29) is 74.9 Å². The number of ether oxygens (including phenoxy) is 6. The minimum Gasteiger partial charge on any atom is -0.460 e. The molecule has 60 heavy (non-hydrogen) atoms. The molecule has 14 heteroatoms. The Bertz CT molecular complexity index is 1150. The molecule has 0 saturated carbocycles. The van der Waals surface area contributed by atoms with E-state index >= 15 is 0 Å². The predicted molar refractivity (Wildman–Crippen MR) is 235 cm³/mol. The van der Waals surface area contributed by atoms with Gasteiger partial charge in [0.15, 0.2) is 0 Å². The van der Waals surface area contributed by atoms with E-state index in [1.807, 2.05) is 20.8 Å². The van der Waals surface area contributed by atoms with Crippen LogP contribution in [0.3, 0.4) is 0 Å². The van der Waals surface area contributed by atoms with Gasteiger partial charge in [0.25, 0.3) is 0 Å². The molecule has 0 radical (unpaired) electrons. The Kier molecular flexibility index (Phi) is 33.1. The summed E-state index contributed by atoms with van der Waals surface area (Å²) in [6, 6.07) is -0.914. The molecule has 3 N–H and O–H groups in total. The first-order valence-electron chi connectivity index (χ1n) is 22.9. The molecule has 0 aromatic heterocycles. The lowest BCUT2D eigenvalue weighted by atomic mass is 9.99. The molecule has 0 heterocycles. The number of carbonyl (C=O) groups excluding carboxylic acids is 5. The molecule has 0 aromatic rings. The van der Waals surface area contributed by atoms with Crippen LogP contribution in [-0.2, 0) is 52.4 Å². The van der Waals surface area contributed by atoms with Crippen LogP contribution in [-0.4, -0.2) is 113 Å². The standard InChI is InChI=1S/C46H87N3O11/c1-44(2,3)37-58-35-33-56-31-29-48-41(52)36-57-34-32-55-30-28-47-39(50)27-26-38(43(54)60-46(7,8)9)49-40(51)24-22-20-18-16-14-12-10-11-13-15-17-19-21-23-25-42(53)59-45(4,5)6/h38H,10-37H2,1-9H3,(H,47,50)(H,48,52)(H,49,51)/t38-/m0/s1. The number of nitrogens with one attached hydrogen (secondary N) is 3. The zero-order valence-electron chi connectivity index (χ0n) is 39.4. The summed E-state index contributed by atoms with van der Waals surface area (Å²) < 4.78 is 32.7. The van der Waals surface area contributed by atoms with Crippen molar-refractivity contribution in [2.45, 2.75) is 195 Å². The van der Waals surface area contributed by atoms with Gasteiger partial charge in [0, 0.05) is 32.4 Å². The van der Waals surface area contributed by atoms with Crippen molar-refractivity contribution in [1.29, 1.82) is 0 Å². The van der Waals surface area contributed by atoms with E-state index in [4.69, 9.17) is 28.4 Å². The zero-order chi connectivity index (χ0) is 45.1. The van der Waals surface area contributed by atoms with E-state index in [0.29, 0.717) is 45.8 Å². The summed E-state index contributed by atoms with van der Waals surface area (Å²) in [6.45, 7) is 20.7. The van der Waals surface area contributed by atoms with Crippen LogP contribution >= 0.6 is 0 Å². The maximum absolute atomic E-state index is 12.9. The number of carbonyl (C=O) groups is 5. The van der Waals surface area contributed by atoms with Crippen molar-refractivity contribution in [3.63, 3.8) is 0 Å². The molecule has 352 valence electrons. The number of unbranched alkanes of at least 4 members (excludes halogenated alkanes) is 13. The second-order valence-corrected chi connectivity index (χ2v) is 18.8. The Morgan fingerprint density at radius 3 is 1.37 bits per heavy atom. The molecule has 0 aliphatic heterocycles. The highest BCUT2D eigenvalue weighted by Gasteiger charge is 2.27. The van der Waals surface area contributed by atoms with Gasteiger partial charge in [-0.15, -0.1) is 0 Å². The van der Waals surface area contributed by atoms with Crippen LogP contribution in [0, 0.1) is 5.41 Å². The maximum Gasteiger partial charge on any atom is 0.329 e. The van der Waals surface area contributed by atoms with Crippen LogP contribution in [0.4, 0.5) is 0 Å². The van der Waals surface area contributed by atoms with E-state index in [0.717, 1.165) is 38.5 Å². The second-order valence-electron chi connectivity index (χ2n) is 18.8. The molecule has 1 atom stereocenters. The van der Waals surface area contributed by atoms with E-state index in [2.05, 4.69) is 36.7 Å². The molecule has 0 aliphatic carbocycles. The summed E-state index contributed by atoms with van der Waals surface area (Å²) in [7, 11) is 0. The van der Waals surface area contributed by atoms with Crippen LogP contribution in [0.5, 0.6) is 0 Å². The van der Waals surface area contributed by atoms with Gasteiger partial charge in [-0.3, -0.25) is 19.2 Å². The molecule has 0 saturated heterocycles. The van der Waals surface area contributed by atoms with Gasteiger partial charge in [-0.1, -0.05) is 97.8 Å². The summed E-state index contributed by atoms with van der Waals surface area (Å²) in [6.07, 6.45) is 16.8. The Labute approximate surface area is 363 Å². The monoisotopic (exact) mass is 858 g/mol. The second kappa shape index (κ2) is 34.7. The van der Waals surface area contributed by atoms with Crippen LogP contribution in [0.2, 0.25) is 0 Å². The first-order valence-corrected chi connectivity index (χ1v) is 22.9. The summed E-state index contributed by atoms with van der Waals surface area (Å²) in [5.41, 5.74) is -1.01. The Morgan fingerprint density at radius 2 is 0.883 bits per heavy atom. The highest BCUT2D eigenvalue weighted by atomic mass is 16.6. The van der Waals surface area contributed by atoms with Crippen molar-refractivity contribution in [2.24, 2.45) is 5.41 Å². The van der Waals surface area contributed by atoms with Crippen LogP contribution in [0.1, 0.15) is 178 Å². The molecular weight excluding hydrogens is 771 g/mol. The van der Waals surface area contributed by atoms with E-state index < -0.39 is 23.2 Å². The largest absolute Gasteiger partial charge is 0.460 e. The third kappa shape index (κ3) is 41.9. The third-order valence-electron chi connectivity index (χ3n) is 8.79. The predicted octanol–water partition coefficient (Wildman–Crippen LogP) is 7.52. The fourth-order valence-corrected chi connectivity index (χ4v) is 5.88. The van der Waals surface area contributed by atoms with Gasteiger partial charge in [0.2, 0.25) is 17.7 Å². The molecule has 14 nitrogen and oxygen atoms in total. The smallest absolute Gasteiger partial charge is 0.329 e. The molecule has 3 amide bonds. The summed E-state index contributed by atoms with van der Waals surface area (Å²) in [4.78, 5) is 61.8. The fraction of sp³-hybridized carbons (Fsp3) is 0.891. The Balaban J connectivity index is 4.00. The fourth-order valence-electron chi connectivity index (χ4n) is 5.88. The Hall–Kier alpha value is -2.81. The average molecular weight is 858 g/mol. The lowest BCUT2D eigenvalue weighted by molar-refractivity contribution is -0.159. The van der Waals surface area contributed by atoms with Crippen LogP contribution in [0.25, 0.3) is 0 Å². The molecule has 0 bridgehead atoms. The highest BCUT2D eigenvalue weighted by molar-refractivity contribution is 5.85. The topological polar surface area (TPSA) is 177 Å². The SMILES string of the molecule is CC(C)(C)COCCOCCNC(=O)COCCOCCNC(=O)CC[C@H](NC(=O)CCCCCCCCCCCCCCCCC(=O)OC(C)(C)C)C(=O)OC(C)(C)C. The number of rotatable bonds is 37. The molecule has 0 fully saturated rings. The van der Waals surface area contributed by atoms with Gasteiger partial charge in [-0.05, 0) is 66.2 Å². The minimum absolute atomic E-state index is 0.0375. The van der Waals surface area contributed by atoms with Crippen LogP contribution < -0.4 is 16.0 Å². The highest BCUT2D eigenvalue weighted by Crippen LogP contribution is 2.16. The molecule has 0 unspecified atom stereocenters. The quantitative estimate of drug-likeness (QED) is 0.0416. The average Bonchev–Trinajstić information content (AvgIpc) is 3.13. The molecule has 0 aromatic carbocycles. The maximum atomic E-state index is 12.9. The van der Waals surface area contributed by atoms with Crippen molar-refractivity contribution in [1.82, 2.24) is 16.0 Å². The van der Waals surface area contributed by atoms with Crippen molar-refractivity contribution in [3.8, 4) is 0 Å². The van der Waals surface area contributed by atoms with Crippen molar-refractivity contribution in [2.75, 3.05) is 65.9 Å². The van der Waals surface area contributed by atoms with E-state index in [1.165, 1.54) is 51.4 Å². The van der Waals surface area contributed by atoms with E-state index in [1.54, 1.807) is 20.8 Å². The van der Waals surface area contributed by atoms with E-state index in [9.17, 15) is 24.0 Å². The number of amides is 3. The van der Waals surface area contributed by atoms with Gasteiger partial charge < -0.3 is 44.4 Å². The van der Waals surface area contributed by atoms with Crippen molar-refractivity contribution >= 4 is 29.7 Å². The molecule has 0 aliphatic rings. The summed E-state index contributed by atoms with van der Waals surface area (Å²) in [5.74, 6) is -1.38. The Morgan fingerprint density at radius 1 is 0.450 bits per heavy atom. The van der Waals surface area contributed by atoms with Gasteiger partial charge in [0.1, 0.15) is 23.9 Å². The molecule has 0 rings (SSSR count). The first kappa shape index (κ1) is 57.2. The molecule has 0 spiro atoms. The summed E-state index contributed by atoms with van der Waals surface area (Å²) in [5, 5.41) is 8.29. The zero-order valence-corrected chi connectivity index (χ0v) is 39.4. The van der Waals surface area contributed by atoms with Gasteiger partial charge in [-0.25, -0.2) is 4.79 Å². The normalized spacial score (nSPS) is 12.5. The summed E-state index contributed by atoms with van der Waals surface area (Å²) >= 11 is 0. The first-order chi connectivity index (χ1) is 28.3. The van der Waals surface area contributed by atoms with Crippen molar-refractivity contribution < 1.29 is 52.4 Å². The van der Waals surface area contributed by atoms with Crippen LogP contribution in [0.15, 0.2) is 0 Å². The number of hydrogen-bond donors (Lipinski definition) is 3. The van der Waals surface area contributed by atoms with Gasteiger partial charge in [0.05, 0.1) is 46.2 Å². The minimum atomic E-state index is -0.914. The number of hydrogen-bond acceptors (Lipinski definition) is 11. The lowest BCUT2D eigenvalue weighted by Gasteiger charge is -2.24. The number of esters is 2. The van der Waals surface area contributed by atoms with Gasteiger partial charge in [-0.2, -0.15) is 0 Å². The third-order valence-corrected chi connectivity index (χ3v) is 8.79. The lowest BCUT2D eigenvalue weighted by Crippen LogP contribution is -2.44. The van der Waals surface area contributed by atoms with Crippen molar-refractivity contribution in [3.05, 3.63) is 0 Å². The van der Waals surface area contributed by atoms with Gasteiger partial charge >= 0.3 is 11.9 Å².